The quantitative estimate of drug-likeness (QED) is 0.858. The minimum atomic E-state index is 0.0704. The van der Waals surface area contributed by atoms with Crippen molar-refractivity contribution in [3.8, 4) is 0 Å². The Kier molecular flexibility index (Phi) is 3.61. The molecule has 88 valence electrons. The Balaban J connectivity index is 2.31. The third-order valence-corrected chi connectivity index (χ3v) is 3.92. The van der Waals surface area contributed by atoms with Gasteiger partial charge in [-0.25, -0.2) is 0 Å². The molecule has 1 aromatic rings. The van der Waals surface area contributed by atoms with Crippen LogP contribution >= 0.6 is 11.3 Å². The molecule has 1 aliphatic heterocycles. The van der Waals surface area contributed by atoms with Crippen LogP contribution in [0.3, 0.4) is 0 Å². The summed E-state index contributed by atoms with van der Waals surface area (Å²) in [6, 6.07) is 2.23. The number of carbonyl (C=O) groups is 1. The molecule has 4 heteroatoms. The Hall–Kier alpha value is -0.870. The highest BCUT2D eigenvalue weighted by molar-refractivity contribution is 7.07. The van der Waals surface area contributed by atoms with Gasteiger partial charge in [-0.3, -0.25) is 4.79 Å². The second kappa shape index (κ2) is 4.97. The molecule has 0 saturated carbocycles. The van der Waals surface area contributed by atoms with Gasteiger partial charge in [0.15, 0.2) is 0 Å². The minimum absolute atomic E-state index is 0.0704. The van der Waals surface area contributed by atoms with Gasteiger partial charge in [-0.15, -0.1) is 0 Å². The number of nitrogens with zero attached hydrogens (tertiary/aromatic N) is 1. The van der Waals surface area contributed by atoms with Crippen LogP contribution in [0.1, 0.15) is 37.8 Å². The predicted molar refractivity (Wildman–Crippen MR) is 66.3 cm³/mol. The first-order valence-corrected chi connectivity index (χ1v) is 6.75. The first-order chi connectivity index (χ1) is 7.74. The van der Waals surface area contributed by atoms with Crippen molar-refractivity contribution in [2.75, 3.05) is 6.54 Å². The van der Waals surface area contributed by atoms with Crippen molar-refractivity contribution in [3.63, 3.8) is 0 Å². The van der Waals surface area contributed by atoms with Crippen molar-refractivity contribution in [1.29, 1.82) is 0 Å². The molecule has 0 radical (unpaired) electrons. The number of nitrogens with two attached hydrogens (primary N) is 1. The molecule has 0 spiro atoms. The molecular weight excluding hydrogens is 220 g/mol. The summed E-state index contributed by atoms with van der Waals surface area (Å²) in [5, 5.41) is 4.15. The molecule has 2 atom stereocenters. The Morgan fingerprint density at radius 3 is 3.06 bits per heavy atom. The number of thiophene rings is 1. The van der Waals surface area contributed by atoms with E-state index in [0.29, 0.717) is 6.42 Å². The van der Waals surface area contributed by atoms with E-state index in [9.17, 15) is 4.79 Å². The zero-order valence-electron chi connectivity index (χ0n) is 9.56. The molecular formula is C12H18N2OS. The molecule has 16 heavy (non-hydrogen) atoms. The van der Waals surface area contributed by atoms with Crippen LogP contribution in [0.25, 0.3) is 0 Å². The zero-order valence-corrected chi connectivity index (χ0v) is 10.4. The Morgan fingerprint density at radius 2 is 2.44 bits per heavy atom. The van der Waals surface area contributed by atoms with Gasteiger partial charge in [0.05, 0.1) is 6.04 Å². The van der Waals surface area contributed by atoms with Crippen LogP contribution in [0, 0.1) is 0 Å². The van der Waals surface area contributed by atoms with Gasteiger partial charge in [-0.05, 0) is 42.2 Å². The Bertz CT molecular complexity index is 350. The molecule has 1 amide bonds. The maximum atomic E-state index is 12.0. The van der Waals surface area contributed by atoms with Crippen LogP contribution in [0.15, 0.2) is 16.8 Å². The maximum absolute atomic E-state index is 12.0. The van der Waals surface area contributed by atoms with E-state index >= 15 is 0 Å². The van der Waals surface area contributed by atoms with Gasteiger partial charge in [0.25, 0.3) is 0 Å². The van der Waals surface area contributed by atoms with Gasteiger partial charge in [0.2, 0.25) is 5.91 Å². The third-order valence-electron chi connectivity index (χ3n) is 3.22. The SMILES string of the molecule is CCN1C(=O)CCCC(N)C1c1ccsc1. The summed E-state index contributed by atoms with van der Waals surface area (Å²) in [5.41, 5.74) is 7.40. The fraction of sp³-hybridized carbons (Fsp3) is 0.583. The number of rotatable bonds is 2. The summed E-state index contributed by atoms with van der Waals surface area (Å²) >= 11 is 1.66. The summed E-state index contributed by atoms with van der Waals surface area (Å²) in [6.07, 6.45) is 2.49. The van der Waals surface area contributed by atoms with Gasteiger partial charge in [0.1, 0.15) is 0 Å². The van der Waals surface area contributed by atoms with E-state index in [4.69, 9.17) is 5.73 Å². The van der Waals surface area contributed by atoms with Crippen LogP contribution in [0.5, 0.6) is 0 Å². The maximum Gasteiger partial charge on any atom is 0.223 e. The van der Waals surface area contributed by atoms with Crippen LogP contribution < -0.4 is 5.73 Å². The summed E-state index contributed by atoms with van der Waals surface area (Å²) < 4.78 is 0. The number of likely N-dealkylation sites (N-methyl/N-ethyl adjacent to an activating group) is 1. The smallest absolute Gasteiger partial charge is 0.223 e. The summed E-state index contributed by atoms with van der Waals surface area (Å²) in [4.78, 5) is 13.9. The predicted octanol–water partition coefficient (Wildman–Crippen LogP) is 2.15. The van der Waals surface area contributed by atoms with Crippen molar-refractivity contribution in [1.82, 2.24) is 4.90 Å². The standard InChI is InChI=1S/C12H18N2OS/c1-2-14-11(15)5-3-4-10(13)12(14)9-6-7-16-8-9/h6-8,10,12H,2-5,13H2,1H3. The zero-order chi connectivity index (χ0) is 11.5. The van der Waals surface area contributed by atoms with Crippen molar-refractivity contribution in [2.24, 2.45) is 5.73 Å². The van der Waals surface area contributed by atoms with Gasteiger partial charge >= 0.3 is 0 Å². The molecule has 2 heterocycles. The van der Waals surface area contributed by atoms with E-state index in [2.05, 4.69) is 11.4 Å². The Morgan fingerprint density at radius 1 is 1.62 bits per heavy atom. The average Bonchev–Trinajstić information content (AvgIpc) is 2.73. The van der Waals surface area contributed by atoms with E-state index in [1.807, 2.05) is 17.2 Å². The fourth-order valence-corrected chi connectivity index (χ4v) is 3.11. The normalized spacial score (nSPS) is 26.9. The molecule has 1 fully saturated rings. The van der Waals surface area contributed by atoms with Crippen molar-refractivity contribution in [2.45, 2.75) is 38.3 Å². The molecule has 0 bridgehead atoms. The molecule has 3 nitrogen and oxygen atoms in total. The highest BCUT2D eigenvalue weighted by Crippen LogP contribution is 2.30. The summed E-state index contributed by atoms with van der Waals surface area (Å²) in [5.74, 6) is 0.242. The first kappa shape index (κ1) is 11.6. The van der Waals surface area contributed by atoms with E-state index in [1.165, 1.54) is 5.56 Å². The largest absolute Gasteiger partial charge is 0.334 e. The first-order valence-electron chi connectivity index (χ1n) is 5.81. The second-order valence-corrected chi connectivity index (χ2v) is 5.02. The molecule has 1 saturated heterocycles. The number of likely N-dealkylation sites (tertiary alicyclic amines) is 1. The topological polar surface area (TPSA) is 46.3 Å². The van der Waals surface area contributed by atoms with Crippen LogP contribution in [0.4, 0.5) is 0 Å². The molecule has 2 unspecified atom stereocenters. The molecule has 2 rings (SSSR count). The van der Waals surface area contributed by atoms with Crippen LogP contribution in [0.2, 0.25) is 0 Å². The highest BCUT2D eigenvalue weighted by Gasteiger charge is 2.31. The Labute approximate surface area is 100 Å². The lowest BCUT2D eigenvalue weighted by Gasteiger charge is -2.32. The van der Waals surface area contributed by atoms with Gasteiger partial charge in [-0.1, -0.05) is 0 Å². The van der Waals surface area contributed by atoms with Crippen molar-refractivity contribution < 1.29 is 4.79 Å². The molecule has 0 aliphatic carbocycles. The fourth-order valence-electron chi connectivity index (χ4n) is 2.42. The van der Waals surface area contributed by atoms with E-state index in [-0.39, 0.29) is 18.0 Å². The molecule has 1 aliphatic rings. The molecule has 1 aromatic heterocycles. The molecule has 0 aromatic carbocycles. The molecule has 2 N–H and O–H groups in total. The van der Waals surface area contributed by atoms with Crippen molar-refractivity contribution >= 4 is 17.2 Å². The van der Waals surface area contributed by atoms with Gasteiger partial charge in [-0.2, -0.15) is 11.3 Å². The number of hydrogen-bond donors (Lipinski definition) is 1. The summed E-state index contributed by atoms with van der Waals surface area (Å²) in [6.45, 7) is 2.77. The summed E-state index contributed by atoms with van der Waals surface area (Å²) in [7, 11) is 0. The lowest BCUT2D eigenvalue weighted by molar-refractivity contribution is -0.133. The number of amides is 1. The van der Waals surface area contributed by atoms with Crippen LogP contribution in [-0.2, 0) is 4.79 Å². The highest BCUT2D eigenvalue weighted by atomic mass is 32.1. The third kappa shape index (κ3) is 2.13. The van der Waals surface area contributed by atoms with E-state index in [1.54, 1.807) is 11.3 Å². The minimum Gasteiger partial charge on any atom is -0.334 e. The second-order valence-electron chi connectivity index (χ2n) is 4.24. The lowest BCUT2D eigenvalue weighted by Crippen LogP contribution is -2.41. The van der Waals surface area contributed by atoms with E-state index < -0.39 is 0 Å². The average molecular weight is 238 g/mol. The van der Waals surface area contributed by atoms with Crippen LogP contribution in [-0.4, -0.2) is 23.4 Å². The van der Waals surface area contributed by atoms with Gasteiger partial charge < -0.3 is 10.6 Å². The monoisotopic (exact) mass is 238 g/mol. The number of carbonyl (C=O) groups excluding carboxylic acids is 1. The van der Waals surface area contributed by atoms with Crippen molar-refractivity contribution in [3.05, 3.63) is 22.4 Å². The number of hydrogen-bond acceptors (Lipinski definition) is 3. The lowest BCUT2D eigenvalue weighted by atomic mass is 9.99. The van der Waals surface area contributed by atoms with E-state index in [0.717, 1.165) is 19.4 Å². The van der Waals surface area contributed by atoms with Gasteiger partial charge in [0, 0.05) is 19.0 Å².